The van der Waals surface area contributed by atoms with Crippen LogP contribution in [-0.4, -0.2) is 42.9 Å². The Balaban J connectivity index is 1.44. The van der Waals surface area contributed by atoms with Crippen LogP contribution in [0.2, 0.25) is 5.02 Å². The molecule has 1 aliphatic rings. The second-order valence-corrected chi connectivity index (χ2v) is 6.97. The van der Waals surface area contributed by atoms with Gasteiger partial charge in [0, 0.05) is 19.5 Å². The largest absolute Gasteiger partial charge is 0.468 e. The van der Waals surface area contributed by atoms with E-state index >= 15 is 0 Å². The van der Waals surface area contributed by atoms with Crippen LogP contribution in [0.25, 0.3) is 0 Å². The summed E-state index contributed by atoms with van der Waals surface area (Å²) in [7, 11) is 0. The number of benzene rings is 1. The van der Waals surface area contributed by atoms with E-state index in [1.165, 1.54) is 12.8 Å². The number of hydrogen-bond acceptors (Lipinski definition) is 4. The third-order valence-electron chi connectivity index (χ3n) is 4.70. The predicted molar refractivity (Wildman–Crippen MR) is 104 cm³/mol. The van der Waals surface area contributed by atoms with E-state index in [4.69, 9.17) is 16.0 Å². The SMILES string of the molecule is O=C(CCNC(=O)c1ccccc1Cl)NC[C@@H](c1ccco1)N1CCCC1. The van der Waals surface area contributed by atoms with E-state index in [-0.39, 0.29) is 30.8 Å². The fraction of sp³-hybridized carbons (Fsp3) is 0.400. The zero-order valence-corrected chi connectivity index (χ0v) is 15.9. The molecule has 0 radical (unpaired) electrons. The number of halogens is 1. The maximum absolute atomic E-state index is 12.2. The molecule has 2 amide bonds. The summed E-state index contributed by atoms with van der Waals surface area (Å²) in [6.07, 6.45) is 4.20. The Morgan fingerprint density at radius 1 is 1.11 bits per heavy atom. The summed E-state index contributed by atoms with van der Waals surface area (Å²) in [5.74, 6) is 0.480. The van der Waals surface area contributed by atoms with Crippen molar-refractivity contribution in [2.24, 2.45) is 0 Å². The van der Waals surface area contributed by atoms with E-state index in [1.807, 2.05) is 12.1 Å². The van der Waals surface area contributed by atoms with Crippen LogP contribution in [0, 0.1) is 0 Å². The number of rotatable bonds is 8. The second-order valence-electron chi connectivity index (χ2n) is 6.56. The van der Waals surface area contributed by atoms with Crippen LogP contribution in [-0.2, 0) is 4.79 Å². The van der Waals surface area contributed by atoms with Gasteiger partial charge in [-0.15, -0.1) is 0 Å². The molecule has 0 saturated carbocycles. The van der Waals surface area contributed by atoms with Crippen molar-refractivity contribution in [1.82, 2.24) is 15.5 Å². The summed E-state index contributed by atoms with van der Waals surface area (Å²) in [6.45, 7) is 2.76. The average Bonchev–Trinajstić information content (AvgIpc) is 3.37. The van der Waals surface area contributed by atoms with Crippen LogP contribution in [0.1, 0.15) is 41.4 Å². The summed E-state index contributed by atoms with van der Waals surface area (Å²) in [5, 5.41) is 6.08. The van der Waals surface area contributed by atoms with Crippen LogP contribution in [0.5, 0.6) is 0 Å². The highest BCUT2D eigenvalue weighted by molar-refractivity contribution is 6.33. The van der Waals surface area contributed by atoms with Gasteiger partial charge in [-0.25, -0.2) is 0 Å². The lowest BCUT2D eigenvalue weighted by atomic mass is 10.2. The molecule has 1 aliphatic heterocycles. The van der Waals surface area contributed by atoms with Gasteiger partial charge in [0.2, 0.25) is 5.91 Å². The first-order valence-corrected chi connectivity index (χ1v) is 9.60. The Hall–Kier alpha value is -2.31. The van der Waals surface area contributed by atoms with E-state index in [0.717, 1.165) is 18.8 Å². The van der Waals surface area contributed by atoms with Crippen LogP contribution < -0.4 is 10.6 Å². The molecule has 144 valence electrons. The number of hydrogen-bond donors (Lipinski definition) is 2. The second kappa shape index (κ2) is 9.58. The molecule has 1 aromatic carbocycles. The summed E-state index contributed by atoms with van der Waals surface area (Å²) < 4.78 is 5.55. The van der Waals surface area contributed by atoms with Gasteiger partial charge in [0.25, 0.3) is 5.91 Å². The lowest BCUT2D eigenvalue weighted by Crippen LogP contribution is -2.38. The number of carbonyl (C=O) groups is 2. The normalized spacial score (nSPS) is 15.4. The van der Waals surface area contributed by atoms with E-state index in [9.17, 15) is 9.59 Å². The number of nitrogens with zero attached hydrogens (tertiary/aromatic N) is 1. The summed E-state index contributed by atoms with van der Waals surface area (Å²) in [4.78, 5) is 26.6. The Morgan fingerprint density at radius 2 is 1.89 bits per heavy atom. The number of furan rings is 1. The first-order chi connectivity index (χ1) is 13.1. The van der Waals surface area contributed by atoms with Gasteiger partial charge in [0.15, 0.2) is 0 Å². The highest BCUT2D eigenvalue weighted by atomic mass is 35.5. The van der Waals surface area contributed by atoms with Crippen molar-refractivity contribution in [2.75, 3.05) is 26.2 Å². The molecule has 0 bridgehead atoms. The van der Waals surface area contributed by atoms with Gasteiger partial charge in [-0.1, -0.05) is 23.7 Å². The van der Waals surface area contributed by atoms with Crippen molar-refractivity contribution in [2.45, 2.75) is 25.3 Å². The van der Waals surface area contributed by atoms with Crippen LogP contribution in [0.3, 0.4) is 0 Å². The highest BCUT2D eigenvalue weighted by Gasteiger charge is 2.25. The number of nitrogens with one attached hydrogen (secondary N) is 2. The fourth-order valence-electron chi connectivity index (χ4n) is 3.27. The van der Waals surface area contributed by atoms with Crippen molar-refractivity contribution in [1.29, 1.82) is 0 Å². The summed E-state index contributed by atoms with van der Waals surface area (Å²) >= 11 is 6.00. The summed E-state index contributed by atoms with van der Waals surface area (Å²) in [5.41, 5.74) is 0.409. The molecule has 3 rings (SSSR count). The predicted octanol–water partition coefficient (Wildman–Crippen LogP) is 3.01. The topological polar surface area (TPSA) is 74.6 Å². The molecule has 27 heavy (non-hydrogen) atoms. The zero-order valence-electron chi connectivity index (χ0n) is 15.1. The first kappa shape index (κ1) is 19.5. The monoisotopic (exact) mass is 389 g/mol. The number of carbonyl (C=O) groups excluding carboxylic acids is 2. The Morgan fingerprint density at radius 3 is 2.59 bits per heavy atom. The van der Waals surface area contributed by atoms with Crippen LogP contribution >= 0.6 is 11.6 Å². The molecule has 2 heterocycles. The Kier molecular flexibility index (Phi) is 6.90. The first-order valence-electron chi connectivity index (χ1n) is 9.22. The lowest BCUT2D eigenvalue weighted by Gasteiger charge is -2.26. The average molecular weight is 390 g/mol. The molecule has 6 nitrogen and oxygen atoms in total. The maximum Gasteiger partial charge on any atom is 0.252 e. The van der Waals surface area contributed by atoms with Crippen LogP contribution in [0.4, 0.5) is 0 Å². The third-order valence-corrected chi connectivity index (χ3v) is 5.03. The third kappa shape index (κ3) is 5.34. The van der Waals surface area contributed by atoms with Crippen molar-refractivity contribution >= 4 is 23.4 Å². The van der Waals surface area contributed by atoms with Crippen molar-refractivity contribution in [3.8, 4) is 0 Å². The van der Waals surface area contributed by atoms with E-state index in [0.29, 0.717) is 17.1 Å². The van der Waals surface area contributed by atoms with Gasteiger partial charge in [-0.2, -0.15) is 0 Å². The van der Waals surface area contributed by atoms with Gasteiger partial charge >= 0.3 is 0 Å². The molecule has 0 aliphatic carbocycles. The smallest absolute Gasteiger partial charge is 0.252 e. The van der Waals surface area contributed by atoms with Crippen LogP contribution in [0.15, 0.2) is 47.1 Å². The highest BCUT2D eigenvalue weighted by Crippen LogP contribution is 2.24. The van der Waals surface area contributed by atoms with Gasteiger partial charge in [0.05, 0.1) is 22.9 Å². The minimum absolute atomic E-state index is 0.0455. The lowest BCUT2D eigenvalue weighted by molar-refractivity contribution is -0.121. The molecule has 1 atom stereocenters. The van der Waals surface area contributed by atoms with E-state index in [1.54, 1.807) is 30.5 Å². The van der Waals surface area contributed by atoms with Crippen molar-refractivity contribution in [3.63, 3.8) is 0 Å². The quantitative estimate of drug-likeness (QED) is 0.727. The van der Waals surface area contributed by atoms with Gasteiger partial charge in [0.1, 0.15) is 5.76 Å². The molecule has 7 heteroatoms. The maximum atomic E-state index is 12.2. The van der Waals surface area contributed by atoms with Gasteiger partial charge < -0.3 is 15.1 Å². The molecule has 1 saturated heterocycles. The minimum atomic E-state index is -0.279. The standard InChI is InChI=1S/C20H24ClN3O3/c21-16-7-2-1-6-15(16)20(26)22-10-9-19(25)23-14-17(18-8-5-13-27-18)24-11-3-4-12-24/h1-2,5-8,13,17H,3-4,9-12,14H2,(H,22,26)(H,23,25)/t17-/m0/s1. The van der Waals surface area contributed by atoms with E-state index < -0.39 is 0 Å². The van der Waals surface area contributed by atoms with Gasteiger partial charge in [-0.05, 0) is 50.2 Å². The molecule has 1 fully saturated rings. The molecule has 2 N–H and O–H groups in total. The Labute approximate surface area is 163 Å². The molecule has 0 spiro atoms. The number of likely N-dealkylation sites (tertiary alicyclic amines) is 1. The fourth-order valence-corrected chi connectivity index (χ4v) is 3.49. The van der Waals surface area contributed by atoms with Crippen molar-refractivity contribution < 1.29 is 14.0 Å². The number of amides is 2. The molecule has 2 aromatic rings. The molecule has 0 unspecified atom stereocenters. The Bertz CT molecular complexity index is 758. The molecule has 1 aromatic heterocycles. The van der Waals surface area contributed by atoms with E-state index in [2.05, 4.69) is 15.5 Å². The van der Waals surface area contributed by atoms with Gasteiger partial charge in [-0.3, -0.25) is 14.5 Å². The van der Waals surface area contributed by atoms with Crippen molar-refractivity contribution in [3.05, 3.63) is 59.0 Å². The minimum Gasteiger partial charge on any atom is -0.468 e. The molecular weight excluding hydrogens is 366 g/mol. The zero-order chi connectivity index (χ0) is 19.1. The molecular formula is C20H24ClN3O3. The summed E-state index contributed by atoms with van der Waals surface area (Å²) in [6, 6.07) is 10.7.